The predicted octanol–water partition coefficient (Wildman–Crippen LogP) is 3.30. The number of benzene rings is 2. The van der Waals surface area contributed by atoms with Gasteiger partial charge < -0.3 is 4.90 Å². The zero-order valence-electron chi connectivity index (χ0n) is 12.5. The average Bonchev–Trinajstić information content (AvgIpc) is 3.06. The van der Waals surface area contributed by atoms with E-state index in [1.807, 2.05) is 42.5 Å². The number of hydrogen-bond donors (Lipinski definition) is 0. The van der Waals surface area contributed by atoms with Gasteiger partial charge in [0, 0.05) is 23.9 Å². The molecule has 1 aliphatic heterocycles. The second-order valence-electron chi connectivity index (χ2n) is 5.60. The molecule has 112 valence electrons. The van der Waals surface area contributed by atoms with Crippen LogP contribution in [0.1, 0.15) is 21.6 Å². The van der Waals surface area contributed by atoms with Crippen molar-refractivity contribution in [3.05, 3.63) is 83.9 Å². The highest BCUT2D eigenvalue weighted by Crippen LogP contribution is 2.23. The summed E-state index contributed by atoms with van der Waals surface area (Å²) in [6.45, 7) is 1.13. The fraction of sp³-hybridized carbons (Fsp3) is 0.105. The zero-order valence-corrected chi connectivity index (χ0v) is 12.5. The summed E-state index contributed by atoms with van der Waals surface area (Å²) in [4.78, 5) is 22.7. The van der Waals surface area contributed by atoms with E-state index in [4.69, 9.17) is 0 Å². The minimum absolute atomic E-state index is 0.0302. The molecule has 0 unspecified atom stereocenters. The van der Waals surface area contributed by atoms with Crippen molar-refractivity contribution in [2.75, 3.05) is 0 Å². The molecule has 0 N–H and O–H groups in total. The smallest absolute Gasteiger partial charge is 0.254 e. The van der Waals surface area contributed by atoms with Crippen LogP contribution in [0.15, 0.2) is 67.1 Å². The number of fused-ring (bicyclic) bond motifs is 1. The lowest BCUT2D eigenvalue weighted by atomic mass is 10.0. The van der Waals surface area contributed by atoms with Gasteiger partial charge in [0.15, 0.2) is 0 Å². The third-order valence-electron chi connectivity index (χ3n) is 4.11. The molecule has 0 radical (unpaired) electrons. The van der Waals surface area contributed by atoms with Crippen LogP contribution in [0, 0.1) is 0 Å². The van der Waals surface area contributed by atoms with Crippen LogP contribution in [0.25, 0.3) is 11.1 Å². The Morgan fingerprint density at radius 2 is 1.65 bits per heavy atom. The lowest BCUT2D eigenvalue weighted by molar-refractivity contribution is 0.0750. The first kappa shape index (κ1) is 13.6. The molecule has 2 heterocycles. The number of carbonyl (C=O) groups excluding carboxylic acids is 1. The summed E-state index contributed by atoms with van der Waals surface area (Å²) in [6.07, 6.45) is 3.32. The van der Waals surface area contributed by atoms with E-state index in [1.54, 1.807) is 11.1 Å². The summed E-state index contributed by atoms with van der Waals surface area (Å²) < 4.78 is 0. The molecule has 2 aromatic carbocycles. The van der Waals surface area contributed by atoms with Gasteiger partial charge in [0.05, 0.1) is 12.2 Å². The number of aromatic nitrogens is 2. The molecule has 0 spiro atoms. The van der Waals surface area contributed by atoms with Crippen LogP contribution < -0.4 is 0 Å². The van der Waals surface area contributed by atoms with E-state index >= 15 is 0 Å². The zero-order chi connectivity index (χ0) is 15.6. The summed E-state index contributed by atoms with van der Waals surface area (Å²) in [7, 11) is 0. The van der Waals surface area contributed by atoms with E-state index in [0.717, 1.165) is 22.4 Å². The van der Waals surface area contributed by atoms with E-state index in [-0.39, 0.29) is 5.91 Å². The van der Waals surface area contributed by atoms with Gasteiger partial charge in [-0.05, 0) is 23.3 Å². The minimum atomic E-state index is 0.0302. The van der Waals surface area contributed by atoms with Crippen LogP contribution in [0.5, 0.6) is 0 Å². The van der Waals surface area contributed by atoms with Gasteiger partial charge in [-0.1, -0.05) is 42.5 Å². The SMILES string of the molecule is O=C(c1ccc(-c2ccccc2)cc1)N1Cc2cncnc2C1. The summed E-state index contributed by atoms with van der Waals surface area (Å²) >= 11 is 0. The first-order valence-electron chi connectivity index (χ1n) is 7.54. The topological polar surface area (TPSA) is 46.1 Å². The quantitative estimate of drug-likeness (QED) is 0.729. The van der Waals surface area contributed by atoms with Gasteiger partial charge in [-0.15, -0.1) is 0 Å². The Morgan fingerprint density at radius 3 is 2.39 bits per heavy atom. The number of amides is 1. The third kappa shape index (κ3) is 2.59. The van der Waals surface area contributed by atoms with Gasteiger partial charge in [0.25, 0.3) is 5.91 Å². The van der Waals surface area contributed by atoms with Crippen LogP contribution in [0.2, 0.25) is 0 Å². The molecule has 1 aliphatic rings. The molecule has 4 nitrogen and oxygen atoms in total. The second kappa shape index (κ2) is 5.65. The second-order valence-corrected chi connectivity index (χ2v) is 5.60. The Hall–Kier alpha value is -3.01. The van der Waals surface area contributed by atoms with Crippen molar-refractivity contribution in [2.24, 2.45) is 0 Å². The maximum atomic E-state index is 12.6. The van der Waals surface area contributed by atoms with Crippen LogP contribution in [-0.4, -0.2) is 20.8 Å². The van der Waals surface area contributed by atoms with Gasteiger partial charge in [-0.3, -0.25) is 4.79 Å². The maximum Gasteiger partial charge on any atom is 0.254 e. The van der Waals surface area contributed by atoms with Crippen molar-refractivity contribution in [1.82, 2.24) is 14.9 Å². The molecule has 3 aromatic rings. The fourth-order valence-electron chi connectivity index (χ4n) is 2.86. The Kier molecular flexibility index (Phi) is 3.35. The Morgan fingerprint density at radius 1 is 0.913 bits per heavy atom. The van der Waals surface area contributed by atoms with Gasteiger partial charge >= 0.3 is 0 Å². The van der Waals surface area contributed by atoms with Gasteiger partial charge in [-0.2, -0.15) is 0 Å². The Balaban J connectivity index is 1.54. The number of nitrogens with zero attached hydrogens (tertiary/aromatic N) is 3. The van der Waals surface area contributed by atoms with Crippen molar-refractivity contribution in [1.29, 1.82) is 0 Å². The van der Waals surface area contributed by atoms with Crippen LogP contribution >= 0.6 is 0 Å². The predicted molar refractivity (Wildman–Crippen MR) is 87.5 cm³/mol. The van der Waals surface area contributed by atoms with Crippen molar-refractivity contribution < 1.29 is 4.79 Å². The standard InChI is InChI=1S/C19H15N3O/c23-19(22-11-17-10-20-13-21-18(17)12-22)16-8-6-15(7-9-16)14-4-2-1-3-5-14/h1-10,13H,11-12H2. The molecule has 0 saturated carbocycles. The molecule has 1 aromatic heterocycles. The Bertz CT molecular complexity index is 819. The van der Waals surface area contributed by atoms with Crippen LogP contribution in [0.4, 0.5) is 0 Å². The molecule has 4 heteroatoms. The summed E-state index contributed by atoms with van der Waals surface area (Å²) in [6, 6.07) is 17.9. The van der Waals surface area contributed by atoms with Crippen LogP contribution in [-0.2, 0) is 13.1 Å². The molecule has 4 rings (SSSR count). The average molecular weight is 301 g/mol. The summed E-state index contributed by atoms with van der Waals surface area (Å²) in [5.74, 6) is 0.0302. The number of carbonyl (C=O) groups is 1. The first-order chi connectivity index (χ1) is 11.3. The lowest BCUT2D eigenvalue weighted by Gasteiger charge is -2.15. The molecule has 0 atom stereocenters. The highest BCUT2D eigenvalue weighted by molar-refractivity contribution is 5.95. The van der Waals surface area contributed by atoms with E-state index in [9.17, 15) is 4.79 Å². The Labute approximate surface area is 134 Å². The van der Waals surface area contributed by atoms with E-state index in [2.05, 4.69) is 22.1 Å². The lowest BCUT2D eigenvalue weighted by Crippen LogP contribution is -2.25. The summed E-state index contributed by atoms with van der Waals surface area (Å²) in [5.41, 5.74) is 4.93. The normalized spacial score (nSPS) is 13.0. The minimum Gasteiger partial charge on any atom is -0.328 e. The first-order valence-corrected chi connectivity index (χ1v) is 7.54. The van der Waals surface area contributed by atoms with E-state index in [0.29, 0.717) is 18.7 Å². The molecule has 0 aliphatic carbocycles. The van der Waals surface area contributed by atoms with E-state index in [1.165, 1.54) is 6.33 Å². The monoisotopic (exact) mass is 301 g/mol. The van der Waals surface area contributed by atoms with Crippen molar-refractivity contribution in [3.63, 3.8) is 0 Å². The molecule has 0 bridgehead atoms. The molecule has 0 fully saturated rings. The largest absolute Gasteiger partial charge is 0.328 e. The highest BCUT2D eigenvalue weighted by atomic mass is 16.2. The molecular weight excluding hydrogens is 286 g/mol. The van der Waals surface area contributed by atoms with Crippen molar-refractivity contribution in [2.45, 2.75) is 13.1 Å². The van der Waals surface area contributed by atoms with E-state index < -0.39 is 0 Å². The molecule has 0 saturated heterocycles. The van der Waals surface area contributed by atoms with Crippen molar-refractivity contribution in [3.8, 4) is 11.1 Å². The third-order valence-corrected chi connectivity index (χ3v) is 4.11. The van der Waals surface area contributed by atoms with Crippen molar-refractivity contribution >= 4 is 5.91 Å². The number of rotatable bonds is 2. The van der Waals surface area contributed by atoms with Gasteiger partial charge in [0.1, 0.15) is 6.33 Å². The summed E-state index contributed by atoms with van der Waals surface area (Å²) in [5, 5.41) is 0. The number of hydrogen-bond acceptors (Lipinski definition) is 3. The van der Waals surface area contributed by atoms with Gasteiger partial charge in [-0.25, -0.2) is 9.97 Å². The van der Waals surface area contributed by atoms with Crippen LogP contribution in [0.3, 0.4) is 0 Å². The molecule has 1 amide bonds. The fourth-order valence-corrected chi connectivity index (χ4v) is 2.86. The van der Waals surface area contributed by atoms with Gasteiger partial charge in [0.2, 0.25) is 0 Å². The maximum absolute atomic E-state index is 12.6. The highest BCUT2D eigenvalue weighted by Gasteiger charge is 2.25. The molecule has 23 heavy (non-hydrogen) atoms. The molecular formula is C19H15N3O.